The summed E-state index contributed by atoms with van der Waals surface area (Å²) in [6, 6.07) is 25.8. The van der Waals surface area contributed by atoms with Gasteiger partial charge in [-0.1, -0.05) is 86.7 Å². The number of fused-ring (bicyclic) bond motifs is 1. The molecule has 10 aliphatic rings. The third kappa shape index (κ3) is 5.88. The van der Waals surface area contributed by atoms with Gasteiger partial charge in [-0.25, -0.2) is 4.79 Å². The normalized spacial score (nSPS) is 41.0. The van der Waals surface area contributed by atoms with E-state index in [9.17, 15) is 15.0 Å². The number of ketones is 1. The number of ether oxygens (including phenoxy) is 1. The van der Waals surface area contributed by atoms with Gasteiger partial charge in [-0.3, -0.25) is 4.79 Å². The van der Waals surface area contributed by atoms with Crippen molar-refractivity contribution in [2.75, 3.05) is 25.5 Å². The highest BCUT2D eigenvalue weighted by atomic mass is 16.5. The maximum absolute atomic E-state index is 15.3. The number of nitrogens with zero attached hydrogens (tertiary/aromatic N) is 1. The Bertz CT molecular complexity index is 2250. The Hall–Kier alpha value is -4.20. The maximum Gasteiger partial charge on any atom is 0.321 e. The van der Waals surface area contributed by atoms with Crippen molar-refractivity contribution in [2.24, 2.45) is 56.7 Å². The molecule has 2 amide bonds. The number of allylic oxidation sites excluding steroid dienone is 4. The zero-order valence-electron chi connectivity index (χ0n) is 36.4. The Kier molecular flexibility index (Phi) is 9.03. The van der Waals surface area contributed by atoms with Crippen molar-refractivity contribution in [3.05, 3.63) is 108 Å². The fourth-order valence-corrected chi connectivity index (χ4v) is 16.5. The molecule has 0 radical (unpaired) electrons. The van der Waals surface area contributed by atoms with Gasteiger partial charge >= 0.3 is 6.03 Å². The predicted octanol–water partition coefficient (Wildman–Crippen LogP) is 10.9. The van der Waals surface area contributed by atoms with Gasteiger partial charge in [-0.05, 0) is 159 Å². The van der Waals surface area contributed by atoms with Crippen LogP contribution in [-0.2, 0) is 0 Å². The molecular formula is C54H64N2O5. The molecule has 0 heterocycles. The fourth-order valence-electron chi connectivity index (χ4n) is 16.5. The van der Waals surface area contributed by atoms with Crippen molar-refractivity contribution in [1.29, 1.82) is 0 Å². The number of aliphatic hydroxyl groups excluding tert-OH is 1. The van der Waals surface area contributed by atoms with Gasteiger partial charge < -0.3 is 25.2 Å². The molecule has 1 unspecified atom stereocenters. The molecule has 0 aromatic heterocycles. The maximum atomic E-state index is 15.3. The van der Waals surface area contributed by atoms with Gasteiger partial charge in [0.05, 0.1) is 25.4 Å². The summed E-state index contributed by atoms with van der Waals surface area (Å²) < 4.78 is 5.41. The van der Waals surface area contributed by atoms with Crippen LogP contribution in [0, 0.1) is 56.7 Å². The molecule has 6 bridgehead atoms. The third-order valence-corrected chi connectivity index (χ3v) is 19.0. The average molecular weight is 821 g/mol. The van der Waals surface area contributed by atoms with Crippen LogP contribution in [-0.4, -0.2) is 58.8 Å². The lowest BCUT2D eigenvalue weighted by Gasteiger charge is -2.71. The topological polar surface area (TPSA) is 99.1 Å². The first-order chi connectivity index (χ1) is 29.3. The van der Waals surface area contributed by atoms with Crippen LogP contribution in [0.15, 0.2) is 103 Å². The molecular weight excluding hydrogens is 757 g/mol. The van der Waals surface area contributed by atoms with E-state index >= 15 is 4.79 Å². The summed E-state index contributed by atoms with van der Waals surface area (Å²) in [5, 5.41) is 28.0. The van der Waals surface area contributed by atoms with Crippen LogP contribution in [0.5, 0.6) is 5.75 Å². The zero-order valence-corrected chi connectivity index (χ0v) is 36.4. The molecule has 2 spiro atoms. The quantitative estimate of drug-likeness (QED) is 0.147. The minimum atomic E-state index is -1.15. The van der Waals surface area contributed by atoms with Crippen molar-refractivity contribution in [2.45, 2.75) is 109 Å². The molecule has 7 heteroatoms. The van der Waals surface area contributed by atoms with Gasteiger partial charge in [-0.2, -0.15) is 0 Å². The van der Waals surface area contributed by atoms with Gasteiger partial charge in [0.15, 0.2) is 5.78 Å². The fraction of sp³-hybridized carbons (Fsp3) is 0.556. The van der Waals surface area contributed by atoms with Crippen LogP contribution in [0.2, 0.25) is 0 Å². The van der Waals surface area contributed by atoms with Gasteiger partial charge in [0.25, 0.3) is 0 Å². The zero-order chi connectivity index (χ0) is 42.0. The summed E-state index contributed by atoms with van der Waals surface area (Å²) in [4.78, 5) is 32.1. The number of urea groups is 1. The number of benzene rings is 3. The van der Waals surface area contributed by atoms with Gasteiger partial charge in [0, 0.05) is 39.6 Å². The standard InChI is InChI=1S/C54H64N2O5/c1-49-20-17-42(57)31-52(49)23-24-54(44(32-52)47(58)40-11-9-39(10-12-40)38-7-5-4-6-8-38)45(49)18-21-50(2)46(54)19-22-53(50,60)34-56(48(59)55-41-13-15-43(61-3)16-14-41)33-51-28-35-25-36(29-51)27-37(26-35)30-51/h4-16,23-24,32,35-37,42,45-46,57,60H,17-22,25-31,33-34H2,1-3H3,(H,55,59)/t35?,36?,37?,42?,45-,46-,49-,50+,51?,52+,53-,54-/m1/s1. The summed E-state index contributed by atoms with van der Waals surface area (Å²) >= 11 is 0. The molecule has 13 rings (SSSR count). The van der Waals surface area contributed by atoms with E-state index in [-0.39, 0.29) is 41.0 Å². The smallest absolute Gasteiger partial charge is 0.321 e. The Morgan fingerprint density at radius 1 is 0.738 bits per heavy atom. The second-order valence-electron chi connectivity index (χ2n) is 22.0. The number of carbonyl (C=O) groups is 2. The minimum Gasteiger partial charge on any atom is -0.497 e. The molecule has 7 saturated carbocycles. The summed E-state index contributed by atoms with van der Waals surface area (Å²) in [5.41, 5.74) is 1.78. The van der Waals surface area contributed by atoms with Crippen molar-refractivity contribution >= 4 is 17.5 Å². The van der Waals surface area contributed by atoms with Crippen LogP contribution >= 0.6 is 0 Å². The summed E-state index contributed by atoms with van der Waals surface area (Å²) in [5.74, 6) is 3.26. The number of hydrogen-bond donors (Lipinski definition) is 3. The Morgan fingerprint density at radius 2 is 1.36 bits per heavy atom. The van der Waals surface area contributed by atoms with Crippen molar-refractivity contribution in [1.82, 2.24) is 4.90 Å². The van der Waals surface area contributed by atoms with Crippen molar-refractivity contribution in [3.8, 4) is 16.9 Å². The number of carbonyl (C=O) groups excluding carboxylic acids is 2. The monoisotopic (exact) mass is 820 g/mol. The Balaban J connectivity index is 0.957. The number of rotatable bonds is 9. The molecule has 10 aliphatic carbocycles. The van der Waals surface area contributed by atoms with Gasteiger partial charge in [-0.15, -0.1) is 0 Å². The average Bonchev–Trinajstić information content (AvgIpc) is 3.52. The second-order valence-corrected chi connectivity index (χ2v) is 22.0. The van der Waals surface area contributed by atoms with Crippen LogP contribution in [0.3, 0.4) is 0 Å². The number of anilines is 1. The highest BCUT2D eigenvalue weighted by Crippen LogP contribution is 2.78. The molecule has 3 aromatic rings. The molecule has 61 heavy (non-hydrogen) atoms. The van der Waals surface area contributed by atoms with E-state index < -0.39 is 27.9 Å². The van der Waals surface area contributed by atoms with E-state index in [0.29, 0.717) is 24.9 Å². The van der Waals surface area contributed by atoms with Crippen LogP contribution in [0.25, 0.3) is 11.1 Å². The number of aliphatic hydroxyl groups is 2. The largest absolute Gasteiger partial charge is 0.497 e. The summed E-state index contributed by atoms with van der Waals surface area (Å²) in [6.45, 7) is 5.68. The SMILES string of the molecule is COc1ccc(NC(=O)N(CC23CC4CC(CC(C4)C2)C3)C[C@]2(O)CC[C@H]3[C@]45C=C[C@@]6(C=C4C(=O)c4ccc(-c7ccccc7)cc4)CC(O)CC[C@]6(C)[C@H]5CC[C@@]32C)cc1. The van der Waals surface area contributed by atoms with Gasteiger partial charge in [0.1, 0.15) is 5.75 Å². The summed E-state index contributed by atoms with van der Waals surface area (Å²) in [6.07, 6.45) is 19.6. The molecule has 320 valence electrons. The second kappa shape index (κ2) is 13.9. The molecule has 7 fully saturated rings. The Morgan fingerprint density at radius 3 is 2.03 bits per heavy atom. The molecule has 7 nitrogen and oxygen atoms in total. The van der Waals surface area contributed by atoms with E-state index in [1.54, 1.807) is 7.11 Å². The van der Waals surface area contributed by atoms with Crippen molar-refractivity contribution < 1.29 is 24.5 Å². The highest BCUT2D eigenvalue weighted by molar-refractivity contribution is 6.10. The molecule has 3 N–H and O–H groups in total. The first-order valence-electron chi connectivity index (χ1n) is 23.5. The summed E-state index contributed by atoms with van der Waals surface area (Å²) in [7, 11) is 1.65. The van der Waals surface area contributed by atoms with E-state index in [1.165, 1.54) is 38.5 Å². The van der Waals surface area contributed by atoms with Gasteiger partial charge in [0.2, 0.25) is 0 Å². The first kappa shape index (κ1) is 39.6. The van der Waals surface area contributed by atoms with E-state index in [0.717, 1.165) is 78.0 Å². The highest BCUT2D eigenvalue weighted by Gasteiger charge is 2.74. The van der Waals surface area contributed by atoms with E-state index in [1.807, 2.05) is 59.5 Å². The number of Topliss-reactive ketones (excluding diaryl/α,β-unsaturated/α-hetero) is 1. The number of hydrogen-bond acceptors (Lipinski definition) is 5. The van der Waals surface area contributed by atoms with Crippen LogP contribution < -0.4 is 10.1 Å². The third-order valence-electron chi connectivity index (χ3n) is 19.0. The number of amides is 2. The molecule has 0 aliphatic heterocycles. The predicted molar refractivity (Wildman–Crippen MR) is 239 cm³/mol. The minimum absolute atomic E-state index is 0.00631. The van der Waals surface area contributed by atoms with E-state index in [4.69, 9.17) is 4.74 Å². The number of nitrogens with one attached hydrogen (secondary N) is 1. The number of methoxy groups -OCH3 is 1. The van der Waals surface area contributed by atoms with Crippen molar-refractivity contribution in [3.63, 3.8) is 0 Å². The lowest BCUT2D eigenvalue weighted by molar-refractivity contribution is -0.176. The molecule has 3 aromatic carbocycles. The van der Waals surface area contributed by atoms with Crippen LogP contribution in [0.4, 0.5) is 10.5 Å². The first-order valence-corrected chi connectivity index (χ1v) is 23.5. The molecule has 0 saturated heterocycles. The lowest BCUT2D eigenvalue weighted by atomic mass is 9.32. The molecule has 8 atom stereocenters. The lowest BCUT2D eigenvalue weighted by Crippen LogP contribution is -2.67. The van der Waals surface area contributed by atoms with Crippen LogP contribution in [0.1, 0.15) is 108 Å². The Labute approximate surface area is 362 Å². The van der Waals surface area contributed by atoms with E-state index in [2.05, 4.69) is 61.7 Å².